The maximum atomic E-state index is 12.0. The molecule has 0 spiro atoms. The number of hydrogen-bond acceptors (Lipinski definition) is 3. The predicted octanol–water partition coefficient (Wildman–Crippen LogP) is 0.950. The number of fused-ring (bicyclic) bond motifs is 1. The summed E-state index contributed by atoms with van der Waals surface area (Å²) in [6, 6.07) is 0. The Hall–Kier alpha value is -0.900. The van der Waals surface area contributed by atoms with E-state index < -0.39 is 0 Å². The Bertz CT molecular complexity index is 300. The second-order valence-electron chi connectivity index (χ2n) is 5.07. The third-order valence-electron chi connectivity index (χ3n) is 4.01. The van der Waals surface area contributed by atoms with Crippen LogP contribution in [0.1, 0.15) is 32.1 Å². The van der Waals surface area contributed by atoms with Gasteiger partial charge in [-0.05, 0) is 19.3 Å². The van der Waals surface area contributed by atoms with Crippen molar-refractivity contribution in [1.29, 1.82) is 0 Å². The van der Waals surface area contributed by atoms with E-state index in [-0.39, 0.29) is 23.7 Å². The Labute approximate surface area is 94.9 Å². The number of rotatable bonds is 3. The number of hydrogen-bond donors (Lipinski definition) is 0. The van der Waals surface area contributed by atoms with Gasteiger partial charge in [0.2, 0.25) is 11.8 Å². The number of likely N-dealkylation sites (tertiary alicyclic amines) is 1. The summed E-state index contributed by atoms with van der Waals surface area (Å²) < 4.78 is 5.11. The van der Waals surface area contributed by atoms with Gasteiger partial charge in [0.15, 0.2) is 0 Å². The number of carbonyl (C=O) groups is 2. The number of carbonyl (C=O) groups excluding carboxylic acids is 2. The smallest absolute Gasteiger partial charge is 0.233 e. The minimum absolute atomic E-state index is 0.00127. The molecule has 4 heteroatoms. The number of epoxide rings is 1. The standard InChI is InChI=1S/C12H17NO3/c14-11-9-3-1-2-4-10(9)12(15)13(11)6-5-8-7-16-8/h8-10H,1-7H2. The molecule has 2 saturated heterocycles. The molecule has 0 radical (unpaired) electrons. The van der Waals surface area contributed by atoms with Crippen molar-refractivity contribution < 1.29 is 14.3 Å². The first-order chi connectivity index (χ1) is 7.77. The second-order valence-corrected chi connectivity index (χ2v) is 5.07. The summed E-state index contributed by atoms with van der Waals surface area (Å²) in [6.07, 6.45) is 5.12. The van der Waals surface area contributed by atoms with Crippen LogP contribution in [0.3, 0.4) is 0 Å². The van der Waals surface area contributed by atoms with Crippen LogP contribution in [0.4, 0.5) is 0 Å². The third-order valence-corrected chi connectivity index (χ3v) is 4.01. The molecule has 0 aromatic heterocycles. The lowest BCUT2D eigenvalue weighted by molar-refractivity contribution is -0.140. The van der Waals surface area contributed by atoms with Gasteiger partial charge in [0.1, 0.15) is 0 Å². The van der Waals surface area contributed by atoms with Crippen LogP contribution in [-0.4, -0.2) is 36.0 Å². The fourth-order valence-corrected chi connectivity index (χ4v) is 2.96. The van der Waals surface area contributed by atoms with E-state index in [0.717, 1.165) is 38.7 Å². The van der Waals surface area contributed by atoms with Crippen molar-refractivity contribution in [2.75, 3.05) is 13.2 Å². The van der Waals surface area contributed by atoms with E-state index >= 15 is 0 Å². The molecule has 0 bridgehead atoms. The number of nitrogens with zero attached hydrogens (tertiary/aromatic N) is 1. The van der Waals surface area contributed by atoms with Crippen molar-refractivity contribution in [3.8, 4) is 0 Å². The van der Waals surface area contributed by atoms with E-state index in [4.69, 9.17) is 4.74 Å². The zero-order valence-electron chi connectivity index (χ0n) is 9.35. The molecular weight excluding hydrogens is 206 g/mol. The van der Waals surface area contributed by atoms with Gasteiger partial charge in [0, 0.05) is 6.54 Å². The number of amides is 2. The van der Waals surface area contributed by atoms with E-state index in [1.54, 1.807) is 0 Å². The summed E-state index contributed by atoms with van der Waals surface area (Å²) in [6.45, 7) is 1.36. The van der Waals surface area contributed by atoms with Crippen molar-refractivity contribution >= 4 is 11.8 Å². The fourth-order valence-electron chi connectivity index (χ4n) is 2.96. The highest BCUT2D eigenvalue weighted by molar-refractivity contribution is 6.05. The van der Waals surface area contributed by atoms with Gasteiger partial charge in [-0.3, -0.25) is 14.5 Å². The lowest BCUT2D eigenvalue weighted by Gasteiger charge is -2.19. The minimum Gasteiger partial charge on any atom is -0.373 e. The SMILES string of the molecule is O=C1C2CCCCC2C(=O)N1CCC1CO1. The highest BCUT2D eigenvalue weighted by Crippen LogP contribution is 2.38. The molecule has 3 fully saturated rings. The van der Waals surface area contributed by atoms with Crippen LogP contribution in [0, 0.1) is 11.8 Å². The van der Waals surface area contributed by atoms with Crippen molar-refractivity contribution in [2.24, 2.45) is 11.8 Å². The molecule has 2 heterocycles. The van der Waals surface area contributed by atoms with E-state index in [1.165, 1.54) is 4.90 Å². The van der Waals surface area contributed by atoms with Gasteiger partial charge < -0.3 is 4.74 Å². The average molecular weight is 223 g/mol. The molecule has 0 N–H and O–H groups in total. The number of imide groups is 1. The molecule has 0 aromatic carbocycles. The first-order valence-corrected chi connectivity index (χ1v) is 6.24. The van der Waals surface area contributed by atoms with Gasteiger partial charge >= 0.3 is 0 Å². The van der Waals surface area contributed by atoms with E-state index in [1.807, 2.05) is 0 Å². The Morgan fingerprint density at radius 3 is 2.19 bits per heavy atom. The lowest BCUT2D eigenvalue weighted by Crippen LogP contribution is -2.32. The summed E-state index contributed by atoms with van der Waals surface area (Å²) in [5, 5.41) is 0. The highest BCUT2D eigenvalue weighted by Gasteiger charge is 2.48. The molecular formula is C12H17NO3. The van der Waals surface area contributed by atoms with Crippen LogP contribution in [0.5, 0.6) is 0 Å². The largest absolute Gasteiger partial charge is 0.373 e. The summed E-state index contributed by atoms with van der Waals surface area (Å²) in [4.78, 5) is 25.6. The molecule has 3 aliphatic rings. The Kier molecular flexibility index (Phi) is 2.46. The van der Waals surface area contributed by atoms with Gasteiger partial charge in [-0.25, -0.2) is 0 Å². The molecule has 4 nitrogen and oxygen atoms in total. The zero-order valence-corrected chi connectivity index (χ0v) is 9.35. The summed E-state index contributed by atoms with van der Waals surface area (Å²) in [5.41, 5.74) is 0. The van der Waals surface area contributed by atoms with Gasteiger partial charge in [-0.15, -0.1) is 0 Å². The highest BCUT2D eigenvalue weighted by atomic mass is 16.6. The van der Waals surface area contributed by atoms with Crippen LogP contribution in [0.25, 0.3) is 0 Å². The van der Waals surface area contributed by atoms with Crippen LogP contribution < -0.4 is 0 Å². The monoisotopic (exact) mass is 223 g/mol. The fraction of sp³-hybridized carbons (Fsp3) is 0.833. The van der Waals surface area contributed by atoms with Gasteiger partial charge in [-0.2, -0.15) is 0 Å². The second kappa shape index (κ2) is 3.84. The quantitative estimate of drug-likeness (QED) is 0.528. The van der Waals surface area contributed by atoms with Gasteiger partial charge in [-0.1, -0.05) is 12.8 Å². The summed E-state index contributed by atoms with van der Waals surface area (Å²) >= 11 is 0. The molecule has 2 aliphatic heterocycles. The van der Waals surface area contributed by atoms with Crippen molar-refractivity contribution in [3.63, 3.8) is 0 Å². The van der Waals surface area contributed by atoms with E-state index in [9.17, 15) is 9.59 Å². The Morgan fingerprint density at radius 1 is 1.12 bits per heavy atom. The van der Waals surface area contributed by atoms with Crippen LogP contribution in [-0.2, 0) is 14.3 Å². The molecule has 88 valence electrons. The minimum atomic E-state index is 0.00127. The van der Waals surface area contributed by atoms with Crippen molar-refractivity contribution in [1.82, 2.24) is 4.90 Å². The first-order valence-electron chi connectivity index (χ1n) is 6.24. The van der Waals surface area contributed by atoms with Gasteiger partial charge in [0.25, 0.3) is 0 Å². The molecule has 3 rings (SSSR count). The third kappa shape index (κ3) is 1.65. The zero-order chi connectivity index (χ0) is 11.1. The van der Waals surface area contributed by atoms with Crippen LogP contribution in [0.2, 0.25) is 0 Å². The van der Waals surface area contributed by atoms with Gasteiger partial charge in [0.05, 0.1) is 24.5 Å². The van der Waals surface area contributed by atoms with Crippen molar-refractivity contribution in [2.45, 2.75) is 38.2 Å². The molecule has 1 saturated carbocycles. The average Bonchev–Trinajstić information content (AvgIpc) is 3.09. The molecule has 0 aromatic rings. The lowest BCUT2D eigenvalue weighted by atomic mass is 9.81. The van der Waals surface area contributed by atoms with E-state index in [2.05, 4.69) is 0 Å². The maximum Gasteiger partial charge on any atom is 0.233 e. The van der Waals surface area contributed by atoms with Crippen LogP contribution >= 0.6 is 0 Å². The summed E-state index contributed by atoms with van der Waals surface area (Å²) in [5.74, 6) is 0.161. The molecule has 1 aliphatic carbocycles. The normalized spacial score (nSPS) is 37.8. The molecule has 16 heavy (non-hydrogen) atoms. The maximum absolute atomic E-state index is 12.0. The Balaban J connectivity index is 1.68. The Morgan fingerprint density at radius 2 is 1.69 bits per heavy atom. The topological polar surface area (TPSA) is 49.9 Å². The molecule has 2 amide bonds. The molecule has 3 atom stereocenters. The predicted molar refractivity (Wildman–Crippen MR) is 56.5 cm³/mol. The summed E-state index contributed by atoms with van der Waals surface area (Å²) in [7, 11) is 0. The van der Waals surface area contributed by atoms with Crippen LogP contribution in [0.15, 0.2) is 0 Å². The van der Waals surface area contributed by atoms with Crippen molar-refractivity contribution in [3.05, 3.63) is 0 Å². The van der Waals surface area contributed by atoms with E-state index in [0.29, 0.717) is 12.6 Å². The first kappa shape index (κ1) is 10.3. The number of ether oxygens (including phenoxy) is 1. The molecule has 3 unspecified atom stereocenters.